The van der Waals surface area contributed by atoms with Crippen molar-refractivity contribution in [3.8, 4) is 0 Å². The third kappa shape index (κ3) is 21.2. The van der Waals surface area contributed by atoms with Gasteiger partial charge in [0.25, 0.3) is 0 Å². The molecule has 0 bridgehead atoms. The molecule has 12 N–H and O–H groups in total. The number of carbonyl (C=O) groups is 5. The molecule has 14 heteroatoms. The molecule has 0 unspecified atom stereocenters. The van der Waals surface area contributed by atoms with E-state index in [4.69, 9.17) is 47.8 Å². The van der Waals surface area contributed by atoms with Crippen molar-refractivity contribution in [2.45, 2.75) is 31.0 Å². The summed E-state index contributed by atoms with van der Waals surface area (Å²) < 4.78 is 0. The standard InChI is InChI=1S/2C4H7NO4.C3H7NO3/c2*5-2(4(8)9)1-3(6)7;4-2(1-5)3(6)7/h2*2H,1,5H2,(H,6,7)(H,8,9);2,5H,1,4H2,(H,6,7)/t3*2-/m000/s1. The third-order valence-corrected chi connectivity index (χ3v) is 1.94. The van der Waals surface area contributed by atoms with Crippen molar-refractivity contribution in [3.05, 3.63) is 0 Å². The van der Waals surface area contributed by atoms with Gasteiger partial charge in [-0.1, -0.05) is 0 Å². The van der Waals surface area contributed by atoms with Crippen molar-refractivity contribution in [3.63, 3.8) is 0 Å². The van der Waals surface area contributed by atoms with Gasteiger partial charge in [-0.2, -0.15) is 0 Å². The van der Waals surface area contributed by atoms with E-state index in [2.05, 4.69) is 0 Å². The molecule has 0 aliphatic carbocycles. The second-order valence-corrected chi connectivity index (χ2v) is 4.21. The highest BCUT2D eigenvalue weighted by molar-refractivity contribution is 5.80. The second-order valence-electron chi connectivity index (χ2n) is 4.21. The van der Waals surface area contributed by atoms with Crippen LogP contribution in [0.25, 0.3) is 0 Å². The minimum Gasteiger partial charge on any atom is -0.481 e. The third-order valence-electron chi connectivity index (χ3n) is 1.94. The summed E-state index contributed by atoms with van der Waals surface area (Å²) in [6.45, 7) is -0.505. The normalized spacial score (nSPS) is 12.8. The smallest absolute Gasteiger partial charge is 0.322 e. The average Bonchev–Trinajstić information content (AvgIpc) is 2.45. The van der Waals surface area contributed by atoms with E-state index < -0.39 is 67.4 Å². The number of aliphatic hydroxyl groups is 1. The van der Waals surface area contributed by atoms with Crippen LogP contribution in [0.2, 0.25) is 0 Å². The molecule has 0 heterocycles. The van der Waals surface area contributed by atoms with E-state index in [0.717, 1.165) is 0 Å². The van der Waals surface area contributed by atoms with Crippen LogP contribution in [0, 0.1) is 0 Å². The van der Waals surface area contributed by atoms with Crippen molar-refractivity contribution in [1.29, 1.82) is 0 Å². The van der Waals surface area contributed by atoms with Gasteiger partial charge < -0.3 is 47.8 Å². The van der Waals surface area contributed by atoms with Crippen LogP contribution in [0.15, 0.2) is 0 Å². The van der Waals surface area contributed by atoms with Crippen LogP contribution < -0.4 is 17.2 Å². The summed E-state index contributed by atoms with van der Waals surface area (Å²) in [7, 11) is 0. The molecule has 0 saturated heterocycles. The number of carboxylic acid groups (broad SMARTS) is 5. The molecule has 0 spiro atoms. The van der Waals surface area contributed by atoms with E-state index in [1.54, 1.807) is 0 Å². The highest BCUT2D eigenvalue weighted by Crippen LogP contribution is 1.86. The van der Waals surface area contributed by atoms with E-state index in [-0.39, 0.29) is 0 Å². The van der Waals surface area contributed by atoms with E-state index in [0.29, 0.717) is 0 Å². The Morgan fingerprint density at radius 3 is 0.880 bits per heavy atom. The minimum absolute atomic E-state index is 0.505. The number of hydrogen-bond acceptors (Lipinski definition) is 9. The largest absolute Gasteiger partial charge is 0.481 e. The molecular formula is C11H21N3O11. The van der Waals surface area contributed by atoms with Gasteiger partial charge in [-0.15, -0.1) is 0 Å². The fraction of sp³-hybridized carbons (Fsp3) is 0.545. The van der Waals surface area contributed by atoms with E-state index >= 15 is 0 Å². The molecule has 14 nitrogen and oxygen atoms in total. The Bertz CT molecular complexity index is 436. The van der Waals surface area contributed by atoms with Crippen molar-refractivity contribution in [2.24, 2.45) is 17.2 Å². The predicted octanol–water partition coefficient (Wildman–Crippen LogP) is -3.86. The lowest BCUT2D eigenvalue weighted by Crippen LogP contribution is -2.33. The fourth-order valence-electron chi connectivity index (χ4n) is 0.629. The van der Waals surface area contributed by atoms with Crippen molar-refractivity contribution in [1.82, 2.24) is 0 Å². The monoisotopic (exact) mass is 371 g/mol. The quantitative estimate of drug-likeness (QED) is 0.197. The van der Waals surface area contributed by atoms with Gasteiger partial charge in [-0.05, 0) is 0 Å². The van der Waals surface area contributed by atoms with Crippen LogP contribution in [0.4, 0.5) is 0 Å². The Morgan fingerprint density at radius 1 is 0.600 bits per heavy atom. The van der Waals surface area contributed by atoms with Crippen molar-refractivity contribution in [2.75, 3.05) is 6.61 Å². The van der Waals surface area contributed by atoms with Crippen LogP contribution in [-0.2, 0) is 24.0 Å². The lowest BCUT2D eigenvalue weighted by Gasteiger charge is -1.99. The van der Waals surface area contributed by atoms with E-state index in [1.165, 1.54) is 0 Å². The highest BCUT2D eigenvalue weighted by Gasteiger charge is 2.15. The molecule has 0 aliphatic heterocycles. The maximum absolute atomic E-state index is 9.85. The highest BCUT2D eigenvalue weighted by atomic mass is 16.4. The second kappa shape index (κ2) is 14.8. The van der Waals surface area contributed by atoms with Gasteiger partial charge >= 0.3 is 29.8 Å². The zero-order valence-electron chi connectivity index (χ0n) is 12.8. The molecule has 0 saturated carbocycles. The lowest BCUT2D eigenvalue weighted by molar-refractivity contribution is -0.144. The topological polar surface area (TPSA) is 285 Å². The van der Waals surface area contributed by atoms with Crippen LogP contribution in [0.5, 0.6) is 0 Å². The fourth-order valence-corrected chi connectivity index (χ4v) is 0.629. The Morgan fingerprint density at radius 2 is 0.840 bits per heavy atom. The minimum atomic E-state index is -1.29. The first kappa shape index (κ1) is 27.1. The Labute approximate surface area is 140 Å². The molecule has 0 aromatic rings. The van der Waals surface area contributed by atoms with Gasteiger partial charge in [0.2, 0.25) is 0 Å². The summed E-state index contributed by atoms with van der Waals surface area (Å²) in [5.41, 5.74) is 14.4. The number of hydrogen-bond donors (Lipinski definition) is 9. The average molecular weight is 371 g/mol. The number of nitrogens with two attached hydrogens (primary N) is 3. The summed E-state index contributed by atoms with van der Waals surface area (Å²) >= 11 is 0. The van der Waals surface area contributed by atoms with Crippen LogP contribution in [0.1, 0.15) is 12.8 Å². The first-order chi connectivity index (χ1) is 11.3. The number of aliphatic carboxylic acids is 5. The molecule has 0 fully saturated rings. The Balaban J connectivity index is -0.000000293. The van der Waals surface area contributed by atoms with Crippen molar-refractivity contribution >= 4 is 29.8 Å². The zero-order chi connectivity index (χ0) is 20.7. The van der Waals surface area contributed by atoms with Gasteiger partial charge in [0.05, 0.1) is 19.4 Å². The molecule has 0 aliphatic rings. The van der Waals surface area contributed by atoms with Gasteiger partial charge in [0, 0.05) is 0 Å². The number of aliphatic hydroxyl groups excluding tert-OH is 1. The molecule has 0 amide bonds. The maximum Gasteiger partial charge on any atom is 0.322 e. The molecule has 0 aromatic carbocycles. The molecule has 25 heavy (non-hydrogen) atoms. The number of carboxylic acids is 5. The maximum atomic E-state index is 9.85. The summed E-state index contributed by atoms with van der Waals surface area (Å²) in [6, 6.07) is -3.70. The molecule has 0 aromatic heterocycles. The van der Waals surface area contributed by atoms with Crippen LogP contribution >= 0.6 is 0 Å². The molecule has 0 rings (SSSR count). The Hall–Kier alpha value is -2.81. The van der Waals surface area contributed by atoms with Crippen LogP contribution in [0.3, 0.4) is 0 Å². The summed E-state index contributed by atoms with van der Waals surface area (Å²) in [5.74, 6) is -6.17. The van der Waals surface area contributed by atoms with Gasteiger partial charge in [-0.3, -0.25) is 24.0 Å². The van der Waals surface area contributed by atoms with Gasteiger partial charge in [0.15, 0.2) is 0 Å². The molecule has 0 radical (unpaired) electrons. The van der Waals surface area contributed by atoms with Gasteiger partial charge in [-0.25, -0.2) is 0 Å². The zero-order valence-corrected chi connectivity index (χ0v) is 12.8. The SMILES string of the molecule is N[C@@H](CC(=O)O)C(=O)O.N[C@@H](CC(=O)O)C(=O)O.N[C@@H](CO)C(=O)O. The number of rotatable bonds is 8. The lowest BCUT2D eigenvalue weighted by atomic mass is 10.2. The van der Waals surface area contributed by atoms with Crippen molar-refractivity contribution < 1.29 is 54.6 Å². The van der Waals surface area contributed by atoms with E-state index in [9.17, 15) is 24.0 Å². The van der Waals surface area contributed by atoms with E-state index in [1.807, 2.05) is 0 Å². The first-order valence-electron chi connectivity index (χ1n) is 6.25. The summed E-state index contributed by atoms with van der Waals surface area (Å²) in [6.07, 6.45) is -1.06. The summed E-state index contributed by atoms with van der Waals surface area (Å²) in [4.78, 5) is 48.9. The molecule has 146 valence electrons. The predicted molar refractivity (Wildman–Crippen MR) is 78.4 cm³/mol. The molecular weight excluding hydrogens is 350 g/mol. The first-order valence-corrected chi connectivity index (χ1v) is 6.25. The Kier molecular flexibility index (Phi) is 16.0. The summed E-state index contributed by atoms with van der Waals surface area (Å²) in [5, 5.41) is 48.0. The van der Waals surface area contributed by atoms with Gasteiger partial charge in [0.1, 0.15) is 18.1 Å². The molecule has 3 atom stereocenters. The van der Waals surface area contributed by atoms with Crippen LogP contribution in [-0.4, -0.2) is 85.2 Å².